The van der Waals surface area contributed by atoms with Crippen LogP contribution in [0.25, 0.3) is 0 Å². The highest BCUT2D eigenvalue weighted by Crippen LogP contribution is 2.19. The second-order valence-electron chi connectivity index (χ2n) is 6.69. The Kier molecular flexibility index (Phi) is 5.19. The fourth-order valence-corrected chi connectivity index (χ4v) is 3.11. The van der Waals surface area contributed by atoms with Crippen LogP contribution in [0, 0.1) is 20.8 Å². The van der Waals surface area contributed by atoms with Gasteiger partial charge in [0.15, 0.2) is 0 Å². The molecular formula is C17H24N6O3. The molecule has 1 aliphatic heterocycles. The quantitative estimate of drug-likeness (QED) is 0.840. The Morgan fingerprint density at radius 2 is 2.12 bits per heavy atom. The number of anilines is 1. The molecule has 2 N–H and O–H groups in total. The molecule has 1 unspecified atom stereocenters. The molecule has 2 amide bonds. The molecule has 1 saturated heterocycles. The van der Waals surface area contributed by atoms with E-state index in [4.69, 9.17) is 4.42 Å². The average Bonchev–Trinajstić information content (AvgIpc) is 3.16. The highest BCUT2D eigenvalue weighted by molar-refractivity contribution is 5.90. The lowest BCUT2D eigenvalue weighted by molar-refractivity contribution is 0.0900. The molecule has 26 heavy (non-hydrogen) atoms. The van der Waals surface area contributed by atoms with Crippen LogP contribution in [0.2, 0.25) is 0 Å². The largest absolute Gasteiger partial charge is 0.424 e. The van der Waals surface area contributed by atoms with Crippen molar-refractivity contribution >= 4 is 11.7 Å². The summed E-state index contributed by atoms with van der Waals surface area (Å²) in [6.07, 6.45) is -0.646. The van der Waals surface area contributed by atoms with Gasteiger partial charge in [0.05, 0.1) is 36.6 Å². The first-order valence-electron chi connectivity index (χ1n) is 8.51. The van der Waals surface area contributed by atoms with Gasteiger partial charge in [-0.05, 0) is 33.0 Å². The van der Waals surface area contributed by atoms with Crippen molar-refractivity contribution in [2.24, 2.45) is 0 Å². The van der Waals surface area contributed by atoms with Gasteiger partial charge >= 0.3 is 6.03 Å². The van der Waals surface area contributed by atoms with Crippen molar-refractivity contribution in [3.05, 3.63) is 35.3 Å². The third-order valence-electron chi connectivity index (χ3n) is 4.53. The number of rotatable bonds is 4. The van der Waals surface area contributed by atoms with Gasteiger partial charge in [-0.25, -0.2) is 4.79 Å². The maximum absolute atomic E-state index is 12.5. The van der Waals surface area contributed by atoms with Crippen LogP contribution in [0.5, 0.6) is 0 Å². The molecule has 0 radical (unpaired) electrons. The zero-order valence-corrected chi connectivity index (χ0v) is 15.4. The number of likely N-dealkylation sites (N-methyl/N-ethyl adjacent to an activating group) is 1. The predicted molar refractivity (Wildman–Crippen MR) is 94.6 cm³/mol. The SMILES string of the molecule is Cc1ccc(NC(=O)N2CC(N(C)Cc3nnc(C)o3)[C@H](O)C2)c(C)n1. The van der Waals surface area contributed by atoms with E-state index in [1.54, 1.807) is 11.8 Å². The van der Waals surface area contributed by atoms with Crippen LogP contribution in [-0.4, -0.2) is 68.4 Å². The molecule has 0 aromatic carbocycles. The summed E-state index contributed by atoms with van der Waals surface area (Å²) in [5.41, 5.74) is 2.34. The third kappa shape index (κ3) is 4.00. The van der Waals surface area contributed by atoms with E-state index in [1.165, 1.54) is 0 Å². The Bertz CT molecular complexity index is 793. The van der Waals surface area contributed by atoms with Crippen molar-refractivity contribution in [1.82, 2.24) is 25.0 Å². The number of carbonyl (C=O) groups is 1. The third-order valence-corrected chi connectivity index (χ3v) is 4.53. The molecule has 3 heterocycles. The van der Waals surface area contributed by atoms with Crippen LogP contribution >= 0.6 is 0 Å². The number of nitrogens with zero attached hydrogens (tertiary/aromatic N) is 5. The molecule has 0 bridgehead atoms. The first-order chi connectivity index (χ1) is 12.3. The minimum absolute atomic E-state index is 0.204. The number of nitrogens with one attached hydrogen (secondary N) is 1. The number of carbonyl (C=O) groups excluding carboxylic acids is 1. The number of likely N-dealkylation sites (tertiary alicyclic amines) is 1. The van der Waals surface area contributed by atoms with Gasteiger partial charge in [0.1, 0.15) is 0 Å². The maximum Gasteiger partial charge on any atom is 0.322 e. The summed E-state index contributed by atoms with van der Waals surface area (Å²) in [6, 6.07) is 3.24. The number of aryl methyl sites for hydroxylation is 3. The number of β-amino-alcohol motifs (C(OH)–C–C–N with tert-alkyl or cyclic N) is 1. The minimum Gasteiger partial charge on any atom is -0.424 e. The molecule has 2 atom stereocenters. The average molecular weight is 360 g/mol. The fraction of sp³-hybridized carbons (Fsp3) is 0.529. The number of aliphatic hydroxyl groups is 1. The number of aromatic nitrogens is 3. The number of aliphatic hydroxyl groups excluding tert-OH is 1. The Morgan fingerprint density at radius 1 is 1.35 bits per heavy atom. The van der Waals surface area contributed by atoms with Gasteiger partial charge in [-0.15, -0.1) is 10.2 Å². The molecule has 2 aromatic rings. The lowest BCUT2D eigenvalue weighted by Gasteiger charge is -2.24. The standard InChI is InChI=1S/C17H24N6O3/c1-10-5-6-13(11(2)18-10)19-17(25)23-7-14(15(24)8-23)22(4)9-16-21-20-12(3)26-16/h5-6,14-15,24H,7-9H2,1-4H3,(H,19,25)/t14?,15-/m1/s1. The van der Waals surface area contributed by atoms with E-state index in [2.05, 4.69) is 20.5 Å². The van der Waals surface area contributed by atoms with E-state index >= 15 is 0 Å². The van der Waals surface area contributed by atoms with E-state index in [0.29, 0.717) is 30.6 Å². The van der Waals surface area contributed by atoms with E-state index in [0.717, 1.165) is 11.4 Å². The molecule has 3 rings (SSSR count). The Balaban J connectivity index is 1.61. The highest BCUT2D eigenvalue weighted by atomic mass is 16.4. The van der Waals surface area contributed by atoms with E-state index in [9.17, 15) is 9.90 Å². The molecule has 0 spiro atoms. The smallest absolute Gasteiger partial charge is 0.322 e. The molecule has 9 heteroatoms. The van der Waals surface area contributed by atoms with Crippen LogP contribution in [0.15, 0.2) is 16.5 Å². The summed E-state index contributed by atoms with van der Waals surface area (Å²) in [5, 5.41) is 21.0. The molecule has 2 aromatic heterocycles. The van der Waals surface area contributed by atoms with Crippen molar-refractivity contribution in [1.29, 1.82) is 0 Å². The van der Waals surface area contributed by atoms with Gasteiger partial charge in [-0.3, -0.25) is 9.88 Å². The van der Waals surface area contributed by atoms with Crippen LogP contribution in [0.1, 0.15) is 23.2 Å². The molecular weight excluding hydrogens is 336 g/mol. The van der Waals surface area contributed by atoms with Crippen LogP contribution < -0.4 is 5.32 Å². The predicted octanol–water partition coefficient (Wildman–Crippen LogP) is 1.10. The van der Waals surface area contributed by atoms with Gasteiger partial charge in [0.25, 0.3) is 0 Å². The zero-order valence-electron chi connectivity index (χ0n) is 15.4. The van der Waals surface area contributed by atoms with Gasteiger partial charge in [-0.2, -0.15) is 0 Å². The van der Waals surface area contributed by atoms with Crippen molar-refractivity contribution in [3.8, 4) is 0 Å². The molecule has 0 aliphatic carbocycles. The van der Waals surface area contributed by atoms with Crippen LogP contribution in [0.3, 0.4) is 0 Å². The van der Waals surface area contributed by atoms with Gasteiger partial charge in [0, 0.05) is 19.2 Å². The van der Waals surface area contributed by atoms with Crippen molar-refractivity contribution in [2.75, 3.05) is 25.5 Å². The van der Waals surface area contributed by atoms with Crippen molar-refractivity contribution in [3.63, 3.8) is 0 Å². The Labute approximate surface area is 152 Å². The first-order valence-corrected chi connectivity index (χ1v) is 8.51. The van der Waals surface area contributed by atoms with Gasteiger partial charge < -0.3 is 19.7 Å². The van der Waals surface area contributed by atoms with Crippen molar-refractivity contribution < 1.29 is 14.3 Å². The topological polar surface area (TPSA) is 108 Å². The van der Waals surface area contributed by atoms with E-state index < -0.39 is 6.10 Å². The van der Waals surface area contributed by atoms with E-state index in [-0.39, 0.29) is 18.6 Å². The second-order valence-corrected chi connectivity index (χ2v) is 6.69. The van der Waals surface area contributed by atoms with E-state index in [1.807, 2.05) is 37.9 Å². The fourth-order valence-electron chi connectivity index (χ4n) is 3.11. The van der Waals surface area contributed by atoms with Crippen molar-refractivity contribution in [2.45, 2.75) is 39.5 Å². The Morgan fingerprint density at radius 3 is 2.77 bits per heavy atom. The molecule has 9 nitrogen and oxygen atoms in total. The number of hydrogen-bond donors (Lipinski definition) is 2. The number of urea groups is 1. The lowest BCUT2D eigenvalue weighted by Crippen LogP contribution is -2.41. The Hall–Kier alpha value is -2.52. The molecule has 0 saturated carbocycles. The van der Waals surface area contributed by atoms with Crippen LogP contribution in [-0.2, 0) is 6.54 Å². The molecule has 140 valence electrons. The molecule has 1 aliphatic rings. The highest BCUT2D eigenvalue weighted by Gasteiger charge is 2.37. The minimum atomic E-state index is -0.646. The first kappa shape index (κ1) is 18.3. The summed E-state index contributed by atoms with van der Waals surface area (Å²) in [6.45, 7) is 6.58. The van der Waals surface area contributed by atoms with Crippen LogP contribution in [0.4, 0.5) is 10.5 Å². The lowest BCUT2D eigenvalue weighted by atomic mass is 10.2. The normalized spacial score (nSPS) is 20.0. The second kappa shape index (κ2) is 7.38. The summed E-state index contributed by atoms with van der Waals surface area (Å²) >= 11 is 0. The molecule has 1 fully saturated rings. The summed E-state index contributed by atoms with van der Waals surface area (Å²) < 4.78 is 5.38. The number of amides is 2. The maximum atomic E-state index is 12.5. The summed E-state index contributed by atoms with van der Waals surface area (Å²) in [4.78, 5) is 20.4. The zero-order chi connectivity index (χ0) is 18.8. The van der Waals surface area contributed by atoms with Gasteiger partial charge in [-0.1, -0.05) is 0 Å². The summed E-state index contributed by atoms with van der Waals surface area (Å²) in [5.74, 6) is 0.991. The number of hydrogen-bond acceptors (Lipinski definition) is 7. The summed E-state index contributed by atoms with van der Waals surface area (Å²) in [7, 11) is 1.86. The number of pyridine rings is 1. The van der Waals surface area contributed by atoms with Gasteiger partial charge in [0.2, 0.25) is 11.8 Å². The monoisotopic (exact) mass is 360 g/mol.